The second-order valence-corrected chi connectivity index (χ2v) is 9.49. The van der Waals surface area contributed by atoms with Crippen LogP contribution in [-0.2, 0) is 4.79 Å². The van der Waals surface area contributed by atoms with Gasteiger partial charge in [0.2, 0.25) is 11.0 Å². The lowest BCUT2D eigenvalue weighted by Crippen LogP contribution is -2.40. The van der Waals surface area contributed by atoms with Crippen molar-refractivity contribution in [2.45, 2.75) is 63.3 Å². The zero-order valence-corrected chi connectivity index (χ0v) is 17.1. The third-order valence-electron chi connectivity index (χ3n) is 5.24. The summed E-state index contributed by atoms with van der Waals surface area (Å²) in [6, 6.07) is 0.330. The van der Waals surface area contributed by atoms with Crippen LogP contribution in [0.2, 0.25) is 0 Å². The van der Waals surface area contributed by atoms with Crippen molar-refractivity contribution in [3.05, 3.63) is 12.7 Å². The number of thioether (sulfide) groups is 1. The molecule has 1 fully saturated rings. The first-order valence-electron chi connectivity index (χ1n) is 9.05. The zero-order valence-electron chi connectivity index (χ0n) is 15.5. The van der Waals surface area contributed by atoms with Gasteiger partial charge in [-0.15, -0.1) is 16.8 Å². The Bertz CT molecular complexity index is 565. The maximum Gasteiger partial charge on any atom is 0.230 e. The molecule has 25 heavy (non-hydrogen) atoms. The first-order valence-corrected chi connectivity index (χ1v) is 10.8. The molecule has 140 valence electrons. The molecule has 0 aliphatic heterocycles. The van der Waals surface area contributed by atoms with Gasteiger partial charge in [-0.3, -0.25) is 4.79 Å². The standard InChI is InChI=1S/C18H30N4OS2/c1-5-11-19-16-21-22-17(25-16)24-12-15(23)20-14-9-7-13(8-10-14)18(3,4)6-2/h5,13-14H,1,6-12H2,2-4H3,(H,19,21)(H,20,23). The smallest absolute Gasteiger partial charge is 0.230 e. The molecule has 0 spiro atoms. The average molecular weight is 383 g/mol. The number of aromatic nitrogens is 2. The van der Waals surface area contributed by atoms with Gasteiger partial charge in [-0.05, 0) is 37.0 Å². The quantitative estimate of drug-likeness (QED) is 0.491. The summed E-state index contributed by atoms with van der Waals surface area (Å²) in [6.45, 7) is 11.3. The van der Waals surface area contributed by atoms with Crippen LogP contribution < -0.4 is 10.6 Å². The van der Waals surface area contributed by atoms with Crippen LogP contribution in [0, 0.1) is 11.3 Å². The molecule has 1 aromatic heterocycles. The van der Waals surface area contributed by atoms with E-state index in [9.17, 15) is 4.79 Å². The van der Waals surface area contributed by atoms with E-state index in [0.717, 1.165) is 28.2 Å². The van der Waals surface area contributed by atoms with Crippen molar-refractivity contribution in [3.63, 3.8) is 0 Å². The molecule has 2 rings (SSSR count). The second kappa shape index (κ2) is 9.57. The van der Waals surface area contributed by atoms with Crippen molar-refractivity contribution in [2.75, 3.05) is 17.6 Å². The molecule has 1 amide bonds. The number of amides is 1. The van der Waals surface area contributed by atoms with E-state index in [2.05, 4.69) is 48.2 Å². The third kappa shape index (κ3) is 6.29. The Morgan fingerprint density at radius 1 is 1.36 bits per heavy atom. The van der Waals surface area contributed by atoms with Crippen LogP contribution in [0.25, 0.3) is 0 Å². The summed E-state index contributed by atoms with van der Waals surface area (Å²) >= 11 is 2.92. The Balaban J connectivity index is 1.69. The van der Waals surface area contributed by atoms with Gasteiger partial charge < -0.3 is 10.6 Å². The van der Waals surface area contributed by atoms with Gasteiger partial charge in [0.15, 0.2) is 4.34 Å². The minimum Gasteiger partial charge on any atom is -0.357 e. The molecule has 1 saturated carbocycles. The molecule has 1 aromatic rings. The van der Waals surface area contributed by atoms with Crippen molar-refractivity contribution in [1.29, 1.82) is 0 Å². The van der Waals surface area contributed by atoms with E-state index in [-0.39, 0.29) is 5.91 Å². The Morgan fingerprint density at radius 3 is 2.72 bits per heavy atom. The predicted octanol–water partition coefficient (Wildman–Crippen LogP) is 4.34. The highest BCUT2D eigenvalue weighted by Gasteiger charge is 2.32. The van der Waals surface area contributed by atoms with E-state index in [0.29, 0.717) is 23.8 Å². The SMILES string of the molecule is C=CCNc1nnc(SCC(=O)NC2CCC(C(C)(C)CC)CC2)s1. The lowest BCUT2D eigenvalue weighted by molar-refractivity contribution is -0.119. The van der Waals surface area contributed by atoms with E-state index in [1.807, 2.05) is 0 Å². The number of carbonyl (C=O) groups excluding carboxylic acids is 1. The topological polar surface area (TPSA) is 66.9 Å². The average Bonchev–Trinajstić information content (AvgIpc) is 3.06. The summed E-state index contributed by atoms with van der Waals surface area (Å²) in [7, 11) is 0. The first kappa shape index (κ1) is 20.2. The maximum absolute atomic E-state index is 12.2. The van der Waals surface area contributed by atoms with Gasteiger partial charge in [-0.1, -0.05) is 56.4 Å². The Hall–Kier alpha value is -1.08. The molecule has 0 atom stereocenters. The molecular formula is C18H30N4OS2. The van der Waals surface area contributed by atoms with Crippen LogP contribution in [0.5, 0.6) is 0 Å². The second-order valence-electron chi connectivity index (χ2n) is 7.29. The fraction of sp³-hybridized carbons (Fsp3) is 0.722. The summed E-state index contributed by atoms with van der Waals surface area (Å²) in [5.41, 5.74) is 0.417. The summed E-state index contributed by atoms with van der Waals surface area (Å²) in [6.07, 6.45) is 7.62. The van der Waals surface area contributed by atoms with Gasteiger partial charge in [0, 0.05) is 12.6 Å². The van der Waals surface area contributed by atoms with Crippen LogP contribution in [0.15, 0.2) is 17.0 Å². The van der Waals surface area contributed by atoms with Gasteiger partial charge in [0.05, 0.1) is 5.75 Å². The minimum atomic E-state index is 0.0963. The van der Waals surface area contributed by atoms with Gasteiger partial charge in [0.25, 0.3) is 0 Å². The molecule has 0 bridgehead atoms. The first-order chi connectivity index (χ1) is 11.9. The summed E-state index contributed by atoms with van der Waals surface area (Å²) in [5, 5.41) is 15.2. The lowest BCUT2D eigenvalue weighted by Gasteiger charge is -2.39. The number of hydrogen-bond donors (Lipinski definition) is 2. The Labute approximate surface area is 159 Å². The highest BCUT2D eigenvalue weighted by atomic mass is 32.2. The van der Waals surface area contributed by atoms with E-state index in [1.165, 1.54) is 42.4 Å². The number of rotatable bonds is 9. The fourth-order valence-electron chi connectivity index (χ4n) is 3.20. The summed E-state index contributed by atoms with van der Waals surface area (Å²) in [5.74, 6) is 1.28. The molecule has 0 unspecified atom stereocenters. The molecule has 5 nitrogen and oxygen atoms in total. The maximum atomic E-state index is 12.2. The predicted molar refractivity (Wildman–Crippen MR) is 107 cm³/mol. The van der Waals surface area contributed by atoms with Gasteiger partial charge in [-0.2, -0.15) is 0 Å². The van der Waals surface area contributed by atoms with Gasteiger partial charge in [-0.25, -0.2) is 0 Å². The molecule has 7 heteroatoms. The lowest BCUT2D eigenvalue weighted by atomic mass is 9.69. The van der Waals surface area contributed by atoms with Gasteiger partial charge >= 0.3 is 0 Å². The van der Waals surface area contributed by atoms with E-state index in [1.54, 1.807) is 6.08 Å². The van der Waals surface area contributed by atoms with Crippen LogP contribution >= 0.6 is 23.1 Å². The number of nitrogens with one attached hydrogen (secondary N) is 2. The van der Waals surface area contributed by atoms with Crippen molar-refractivity contribution in [3.8, 4) is 0 Å². The molecule has 1 aliphatic rings. The molecule has 1 aliphatic carbocycles. The van der Waals surface area contributed by atoms with Crippen LogP contribution in [0.4, 0.5) is 5.13 Å². The largest absolute Gasteiger partial charge is 0.357 e. The fourth-order valence-corrected chi connectivity index (χ4v) is 4.77. The number of carbonyl (C=O) groups is 1. The van der Waals surface area contributed by atoms with Gasteiger partial charge in [0.1, 0.15) is 0 Å². The number of hydrogen-bond acceptors (Lipinski definition) is 6. The summed E-state index contributed by atoms with van der Waals surface area (Å²) < 4.78 is 0.815. The van der Waals surface area contributed by atoms with Crippen molar-refractivity contribution in [2.24, 2.45) is 11.3 Å². The van der Waals surface area contributed by atoms with Crippen LogP contribution in [0.1, 0.15) is 52.9 Å². The van der Waals surface area contributed by atoms with Crippen LogP contribution in [-0.4, -0.2) is 34.4 Å². The zero-order chi connectivity index (χ0) is 18.3. The van der Waals surface area contributed by atoms with E-state index >= 15 is 0 Å². The minimum absolute atomic E-state index is 0.0963. The highest BCUT2D eigenvalue weighted by Crippen LogP contribution is 2.40. The molecule has 0 saturated heterocycles. The molecule has 0 aromatic carbocycles. The van der Waals surface area contributed by atoms with Crippen molar-refractivity contribution in [1.82, 2.24) is 15.5 Å². The Morgan fingerprint density at radius 2 is 2.08 bits per heavy atom. The normalized spacial score (nSPS) is 20.9. The van der Waals surface area contributed by atoms with E-state index in [4.69, 9.17) is 0 Å². The van der Waals surface area contributed by atoms with Crippen LogP contribution in [0.3, 0.4) is 0 Å². The monoisotopic (exact) mass is 382 g/mol. The number of nitrogens with zero attached hydrogens (tertiary/aromatic N) is 2. The van der Waals surface area contributed by atoms with E-state index < -0.39 is 0 Å². The third-order valence-corrected chi connectivity index (χ3v) is 7.25. The highest BCUT2D eigenvalue weighted by molar-refractivity contribution is 8.01. The molecular weight excluding hydrogens is 352 g/mol. The number of anilines is 1. The van der Waals surface area contributed by atoms with Crippen molar-refractivity contribution >= 4 is 34.1 Å². The molecule has 1 heterocycles. The Kier molecular flexibility index (Phi) is 7.75. The molecule has 2 N–H and O–H groups in total. The summed E-state index contributed by atoms with van der Waals surface area (Å²) in [4.78, 5) is 12.2. The molecule has 0 radical (unpaired) electrons. The van der Waals surface area contributed by atoms with Crippen molar-refractivity contribution < 1.29 is 4.79 Å².